The topological polar surface area (TPSA) is 33.9 Å². The van der Waals surface area contributed by atoms with Crippen LogP contribution in [-0.2, 0) is 4.74 Å². The molecule has 88 valence electrons. The van der Waals surface area contributed by atoms with Gasteiger partial charge in [-0.3, -0.25) is 0 Å². The molecule has 0 aromatic heterocycles. The van der Waals surface area contributed by atoms with Crippen molar-refractivity contribution < 1.29 is 14.7 Å². The number of rotatable bonds is 3. The van der Waals surface area contributed by atoms with E-state index in [2.05, 4.69) is 15.9 Å². The van der Waals surface area contributed by atoms with Crippen LogP contribution in [0.4, 0.5) is 0 Å². The molecule has 0 aliphatic carbocycles. The Bertz CT molecular complexity index is 322. The molecule has 0 bridgehead atoms. The number of hydrogen-bond donors (Lipinski definition) is 2. The second-order valence-corrected chi connectivity index (χ2v) is 5.05. The average molecular weight is 287 g/mol. The highest BCUT2D eigenvalue weighted by Crippen LogP contribution is 2.15. The lowest BCUT2D eigenvalue weighted by Gasteiger charge is -2.25. The lowest BCUT2D eigenvalue weighted by atomic mass is 10.1. The van der Waals surface area contributed by atoms with Gasteiger partial charge < -0.3 is 14.7 Å². The van der Waals surface area contributed by atoms with Crippen LogP contribution in [0.15, 0.2) is 28.7 Å². The van der Waals surface area contributed by atoms with E-state index in [1.165, 1.54) is 4.90 Å². The highest BCUT2D eigenvalue weighted by molar-refractivity contribution is 9.10. The van der Waals surface area contributed by atoms with E-state index in [-0.39, 0.29) is 6.10 Å². The van der Waals surface area contributed by atoms with Crippen molar-refractivity contribution >= 4 is 15.9 Å². The van der Waals surface area contributed by atoms with Crippen LogP contribution in [0.3, 0.4) is 0 Å². The van der Waals surface area contributed by atoms with Crippen LogP contribution in [0.25, 0.3) is 0 Å². The molecule has 1 aliphatic heterocycles. The normalized spacial score (nSPS) is 19.6. The summed E-state index contributed by atoms with van der Waals surface area (Å²) < 4.78 is 6.34. The Hall–Kier alpha value is -0.420. The zero-order valence-electron chi connectivity index (χ0n) is 9.16. The molecule has 1 fully saturated rings. The molecule has 2 rings (SSSR count). The summed E-state index contributed by atoms with van der Waals surface area (Å²) in [7, 11) is 0. The highest BCUT2D eigenvalue weighted by Gasteiger charge is 2.19. The first kappa shape index (κ1) is 12.0. The average Bonchev–Trinajstić information content (AvgIpc) is 2.31. The van der Waals surface area contributed by atoms with E-state index in [0.717, 1.165) is 42.9 Å². The smallest absolute Gasteiger partial charge is 0.128 e. The van der Waals surface area contributed by atoms with E-state index < -0.39 is 0 Å². The van der Waals surface area contributed by atoms with Crippen molar-refractivity contribution in [3.8, 4) is 0 Å². The molecule has 1 saturated heterocycles. The Balaban J connectivity index is 1.91. The van der Waals surface area contributed by atoms with Crippen molar-refractivity contribution in [3.63, 3.8) is 0 Å². The van der Waals surface area contributed by atoms with Gasteiger partial charge in [-0.15, -0.1) is 0 Å². The van der Waals surface area contributed by atoms with Gasteiger partial charge in [0.15, 0.2) is 0 Å². The van der Waals surface area contributed by atoms with Crippen LogP contribution < -0.4 is 4.90 Å². The molecule has 2 N–H and O–H groups in total. The molecule has 1 atom stereocenters. The number of aliphatic hydroxyl groups excluding tert-OH is 1. The molecule has 1 aromatic carbocycles. The summed E-state index contributed by atoms with van der Waals surface area (Å²) in [6.07, 6.45) is -0.374. The minimum atomic E-state index is -0.374. The first-order chi connectivity index (χ1) is 7.75. The van der Waals surface area contributed by atoms with Gasteiger partial charge >= 0.3 is 0 Å². The first-order valence-electron chi connectivity index (χ1n) is 5.60. The Morgan fingerprint density at radius 2 is 1.88 bits per heavy atom. The molecule has 16 heavy (non-hydrogen) atoms. The van der Waals surface area contributed by atoms with Gasteiger partial charge in [0, 0.05) is 4.47 Å². The maximum Gasteiger partial charge on any atom is 0.128 e. The lowest BCUT2D eigenvalue weighted by Crippen LogP contribution is -3.14. The van der Waals surface area contributed by atoms with Gasteiger partial charge in [-0.05, 0) is 17.7 Å². The fourth-order valence-corrected chi connectivity index (χ4v) is 2.20. The van der Waals surface area contributed by atoms with Crippen LogP contribution in [0, 0.1) is 0 Å². The van der Waals surface area contributed by atoms with Gasteiger partial charge in [-0.2, -0.15) is 0 Å². The molecule has 0 saturated carbocycles. The summed E-state index contributed by atoms with van der Waals surface area (Å²) in [5.41, 5.74) is 0.988. The van der Waals surface area contributed by atoms with Crippen LogP contribution >= 0.6 is 15.9 Å². The minimum Gasteiger partial charge on any atom is -0.382 e. The Labute approximate surface area is 104 Å². The number of hydrogen-bond acceptors (Lipinski definition) is 2. The molecule has 1 aliphatic rings. The second kappa shape index (κ2) is 5.77. The number of quaternary nitrogens is 1. The largest absolute Gasteiger partial charge is 0.382 e. The van der Waals surface area contributed by atoms with Gasteiger partial charge in [0.2, 0.25) is 0 Å². The summed E-state index contributed by atoms with van der Waals surface area (Å²) in [6.45, 7) is 4.37. The predicted molar refractivity (Wildman–Crippen MR) is 65.5 cm³/mol. The van der Waals surface area contributed by atoms with Gasteiger partial charge in [0.25, 0.3) is 0 Å². The van der Waals surface area contributed by atoms with Crippen molar-refractivity contribution in [1.82, 2.24) is 0 Å². The second-order valence-electron chi connectivity index (χ2n) is 4.13. The summed E-state index contributed by atoms with van der Waals surface area (Å²) in [4.78, 5) is 1.42. The van der Waals surface area contributed by atoms with Crippen molar-refractivity contribution in [2.75, 3.05) is 32.8 Å². The highest BCUT2D eigenvalue weighted by atomic mass is 79.9. The molecule has 1 heterocycles. The van der Waals surface area contributed by atoms with Gasteiger partial charge in [-0.1, -0.05) is 28.1 Å². The number of aliphatic hydroxyl groups is 1. The van der Waals surface area contributed by atoms with Crippen molar-refractivity contribution in [2.45, 2.75) is 6.10 Å². The number of halogens is 1. The van der Waals surface area contributed by atoms with Crippen LogP contribution in [0.5, 0.6) is 0 Å². The van der Waals surface area contributed by atoms with Crippen LogP contribution in [0.2, 0.25) is 0 Å². The SMILES string of the molecule is O[C@@H](C[NH+]1CCOCC1)c1ccc(Br)cc1. The number of morpholine rings is 1. The quantitative estimate of drug-likeness (QED) is 0.844. The molecule has 4 heteroatoms. The predicted octanol–water partition coefficient (Wildman–Crippen LogP) is 0.398. The summed E-state index contributed by atoms with van der Waals surface area (Å²) >= 11 is 3.39. The van der Waals surface area contributed by atoms with E-state index in [9.17, 15) is 5.11 Å². The van der Waals surface area contributed by atoms with E-state index in [0.29, 0.717) is 0 Å². The standard InChI is InChI=1S/C12H16BrNO2/c13-11-3-1-10(2-4-11)12(15)9-14-5-7-16-8-6-14/h1-4,12,15H,5-9H2/p+1/t12-/m0/s1. The fraction of sp³-hybridized carbons (Fsp3) is 0.500. The maximum absolute atomic E-state index is 10.1. The third-order valence-electron chi connectivity index (χ3n) is 2.94. The minimum absolute atomic E-state index is 0.374. The molecular weight excluding hydrogens is 270 g/mol. The number of nitrogens with one attached hydrogen (secondary N) is 1. The van der Waals surface area contributed by atoms with Crippen LogP contribution in [-0.4, -0.2) is 38.0 Å². The maximum atomic E-state index is 10.1. The molecule has 0 amide bonds. The summed E-state index contributed by atoms with van der Waals surface area (Å²) in [5.74, 6) is 0. The van der Waals surface area contributed by atoms with Crippen molar-refractivity contribution in [3.05, 3.63) is 34.3 Å². The van der Waals surface area contributed by atoms with E-state index >= 15 is 0 Å². The van der Waals surface area contributed by atoms with Gasteiger partial charge in [0.05, 0.1) is 13.2 Å². The summed E-state index contributed by atoms with van der Waals surface area (Å²) in [6, 6.07) is 7.86. The zero-order valence-corrected chi connectivity index (χ0v) is 10.7. The third-order valence-corrected chi connectivity index (χ3v) is 3.47. The molecule has 0 radical (unpaired) electrons. The van der Waals surface area contributed by atoms with E-state index in [1.807, 2.05) is 24.3 Å². The Kier molecular flexibility index (Phi) is 4.35. The monoisotopic (exact) mass is 286 g/mol. The molecule has 0 spiro atoms. The third kappa shape index (κ3) is 3.28. The Morgan fingerprint density at radius 3 is 2.50 bits per heavy atom. The van der Waals surface area contributed by atoms with E-state index in [1.54, 1.807) is 0 Å². The van der Waals surface area contributed by atoms with Gasteiger partial charge in [0.1, 0.15) is 25.7 Å². The first-order valence-corrected chi connectivity index (χ1v) is 6.40. The number of benzene rings is 1. The van der Waals surface area contributed by atoms with Crippen molar-refractivity contribution in [2.24, 2.45) is 0 Å². The lowest BCUT2D eigenvalue weighted by molar-refractivity contribution is -0.911. The zero-order chi connectivity index (χ0) is 11.4. The molecule has 0 unspecified atom stereocenters. The van der Waals surface area contributed by atoms with Gasteiger partial charge in [-0.25, -0.2) is 0 Å². The van der Waals surface area contributed by atoms with Crippen LogP contribution in [0.1, 0.15) is 11.7 Å². The molecule has 1 aromatic rings. The molecule has 3 nitrogen and oxygen atoms in total. The summed E-state index contributed by atoms with van der Waals surface area (Å²) in [5, 5.41) is 10.1. The Morgan fingerprint density at radius 1 is 1.25 bits per heavy atom. The fourth-order valence-electron chi connectivity index (χ4n) is 1.94. The van der Waals surface area contributed by atoms with E-state index in [4.69, 9.17) is 4.74 Å². The number of ether oxygens (including phenoxy) is 1. The van der Waals surface area contributed by atoms with Crippen molar-refractivity contribution in [1.29, 1.82) is 0 Å². The molecular formula is C12H17BrNO2+.